The van der Waals surface area contributed by atoms with Crippen LogP contribution < -0.4 is 5.32 Å². The minimum atomic E-state index is -1.01. The summed E-state index contributed by atoms with van der Waals surface area (Å²) in [5.74, 6) is -1.01. The number of aromatic nitrogens is 1. The van der Waals surface area contributed by atoms with Gasteiger partial charge in [-0.1, -0.05) is 22.9 Å². The molecule has 0 spiro atoms. The number of carboxylic acid groups (broad SMARTS) is 1. The fourth-order valence-corrected chi connectivity index (χ4v) is 1.69. The molecule has 0 aliphatic carbocycles. The number of anilines is 1. The molecule has 0 bridgehead atoms. The van der Waals surface area contributed by atoms with Crippen LogP contribution >= 0.6 is 22.9 Å². The molecule has 0 radical (unpaired) electrons. The molecule has 0 fully saturated rings. The summed E-state index contributed by atoms with van der Waals surface area (Å²) in [4.78, 5) is 24.1. The van der Waals surface area contributed by atoms with E-state index in [2.05, 4.69) is 10.3 Å². The predicted octanol–water partition coefficient (Wildman–Crippen LogP) is 0.992. The average molecular weight is 221 g/mol. The molecule has 0 aliphatic heterocycles. The Morgan fingerprint density at radius 1 is 1.77 bits per heavy atom. The van der Waals surface area contributed by atoms with Gasteiger partial charge in [-0.3, -0.25) is 9.59 Å². The Hall–Kier alpha value is -1.14. The van der Waals surface area contributed by atoms with Crippen LogP contribution in [0.4, 0.5) is 5.13 Å². The van der Waals surface area contributed by atoms with Crippen LogP contribution in [0.3, 0.4) is 0 Å². The van der Waals surface area contributed by atoms with E-state index in [1.54, 1.807) is 0 Å². The number of carboxylic acids is 1. The molecule has 0 saturated heterocycles. The summed E-state index contributed by atoms with van der Waals surface area (Å²) in [5, 5.41) is 11.0. The third-order valence-electron chi connectivity index (χ3n) is 1.15. The number of carbonyl (C=O) groups is 2. The van der Waals surface area contributed by atoms with E-state index < -0.39 is 5.97 Å². The molecule has 0 atom stereocenters. The van der Waals surface area contributed by atoms with Gasteiger partial charge in [0.2, 0.25) is 6.41 Å². The van der Waals surface area contributed by atoms with Gasteiger partial charge >= 0.3 is 5.97 Å². The highest BCUT2D eigenvalue weighted by Crippen LogP contribution is 2.27. The van der Waals surface area contributed by atoms with Crippen molar-refractivity contribution >= 4 is 40.4 Å². The first-order valence-corrected chi connectivity index (χ1v) is 4.40. The molecule has 1 aromatic rings. The lowest BCUT2D eigenvalue weighted by atomic mass is 10.3. The van der Waals surface area contributed by atoms with E-state index in [1.165, 1.54) is 0 Å². The van der Waals surface area contributed by atoms with Crippen molar-refractivity contribution in [2.45, 2.75) is 6.42 Å². The molecule has 5 nitrogen and oxygen atoms in total. The smallest absolute Gasteiger partial charge is 0.309 e. The molecule has 0 aliphatic rings. The van der Waals surface area contributed by atoms with Gasteiger partial charge in [-0.2, -0.15) is 0 Å². The first kappa shape index (κ1) is 9.94. The summed E-state index contributed by atoms with van der Waals surface area (Å²) in [7, 11) is 0. The highest BCUT2D eigenvalue weighted by molar-refractivity contribution is 7.19. The Balaban J connectivity index is 2.82. The Morgan fingerprint density at radius 3 is 3.00 bits per heavy atom. The van der Waals surface area contributed by atoms with E-state index >= 15 is 0 Å². The molecule has 70 valence electrons. The van der Waals surface area contributed by atoms with E-state index in [-0.39, 0.29) is 16.5 Å². The second kappa shape index (κ2) is 4.20. The van der Waals surface area contributed by atoms with E-state index in [0.717, 1.165) is 11.3 Å². The number of carbonyl (C=O) groups excluding carboxylic acids is 1. The van der Waals surface area contributed by atoms with Crippen LogP contribution in [0, 0.1) is 0 Å². The van der Waals surface area contributed by atoms with Crippen LogP contribution in [0.1, 0.15) is 5.69 Å². The van der Waals surface area contributed by atoms with E-state index in [0.29, 0.717) is 11.5 Å². The first-order chi connectivity index (χ1) is 6.13. The van der Waals surface area contributed by atoms with Crippen molar-refractivity contribution < 1.29 is 14.7 Å². The van der Waals surface area contributed by atoms with E-state index in [4.69, 9.17) is 16.7 Å². The highest BCUT2D eigenvalue weighted by atomic mass is 35.5. The fourth-order valence-electron chi connectivity index (χ4n) is 0.698. The SMILES string of the molecule is O=CNc1nc(CC(=O)O)c(Cl)s1. The third kappa shape index (κ3) is 2.67. The summed E-state index contributed by atoms with van der Waals surface area (Å²) in [6, 6.07) is 0. The quantitative estimate of drug-likeness (QED) is 0.742. The maximum absolute atomic E-state index is 10.3. The van der Waals surface area contributed by atoms with Crippen LogP contribution in [0.15, 0.2) is 0 Å². The van der Waals surface area contributed by atoms with Crippen LogP contribution in [0.5, 0.6) is 0 Å². The molecule has 0 unspecified atom stereocenters. The second-order valence-corrected chi connectivity index (χ2v) is 3.67. The van der Waals surface area contributed by atoms with Crippen molar-refractivity contribution in [1.82, 2.24) is 4.98 Å². The molecule has 1 amide bonds. The zero-order valence-electron chi connectivity index (χ0n) is 6.28. The molecule has 1 heterocycles. The van der Waals surface area contributed by atoms with E-state index in [1.807, 2.05) is 0 Å². The van der Waals surface area contributed by atoms with Crippen molar-refractivity contribution in [3.05, 3.63) is 10.0 Å². The van der Waals surface area contributed by atoms with Gasteiger partial charge in [0.15, 0.2) is 5.13 Å². The minimum absolute atomic E-state index is 0.240. The summed E-state index contributed by atoms with van der Waals surface area (Å²) in [6.07, 6.45) is 0.218. The van der Waals surface area contributed by atoms with Crippen LogP contribution in [0.25, 0.3) is 0 Å². The average Bonchev–Trinajstić information content (AvgIpc) is 2.31. The number of nitrogens with zero attached hydrogens (tertiary/aromatic N) is 1. The van der Waals surface area contributed by atoms with Gasteiger partial charge in [-0.15, -0.1) is 0 Å². The van der Waals surface area contributed by atoms with Crippen molar-refractivity contribution in [2.24, 2.45) is 0 Å². The lowest BCUT2D eigenvalue weighted by Crippen LogP contribution is -2.01. The zero-order chi connectivity index (χ0) is 9.84. The molecule has 13 heavy (non-hydrogen) atoms. The van der Waals surface area contributed by atoms with Crippen molar-refractivity contribution in [3.63, 3.8) is 0 Å². The van der Waals surface area contributed by atoms with Crippen molar-refractivity contribution in [2.75, 3.05) is 5.32 Å². The minimum Gasteiger partial charge on any atom is -0.481 e. The fraction of sp³-hybridized carbons (Fsp3) is 0.167. The number of nitrogens with one attached hydrogen (secondary N) is 1. The maximum Gasteiger partial charge on any atom is 0.309 e. The molecule has 2 N–H and O–H groups in total. The number of amides is 1. The van der Waals surface area contributed by atoms with Crippen LogP contribution in [-0.4, -0.2) is 22.5 Å². The normalized spacial score (nSPS) is 9.62. The number of halogens is 1. The monoisotopic (exact) mass is 220 g/mol. The molecule has 1 aromatic heterocycles. The second-order valence-electron chi connectivity index (χ2n) is 2.07. The molecular formula is C6H5ClN2O3S. The molecule has 7 heteroatoms. The largest absolute Gasteiger partial charge is 0.481 e. The van der Waals surface area contributed by atoms with Crippen molar-refractivity contribution in [3.8, 4) is 0 Å². The lowest BCUT2D eigenvalue weighted by Gasteiger charge is -1.89. The standard InChI is InChI=1S/C6H5ClN2O3S/c7-5-3(1-4(11)12)9-6(13-5)8-2-10/h2H,1H2,(H,11,12)(H,8,9,10). The Labute approximate surface area is 82.4 Å². The van der Waals surface area contributed by atoms with Gasteiger partial charge in [0.05, 0.1) is 12.1 Å². The molecule has 0 aromatic carbocycles. The first-order valence-electron chi connectivity index (χ1n) is 3.20. The number of hydrogen-bond donors (Lipinski definition) is 2. The number of aliphatic carboxylic acids is 1. The van der Waals surface area contributed by atoms with Crippen LogP contribution in [-0.2, 0) is 16.0 Å². The third-order valence-corrected chi connectivity index (χ3v) is 2.42. The Kier molecular flexibility index (Phi) is 3.21. The Bertz CT molecular complexity index is 339. The summed E-state index contributed by atoms with van der Waals surface area (Å²) in [6.45, 7) is 0. The van der Waals surface area contributed by atoms with Gasteiger partial charge in [0.1, 0.15) is 4.34 Å². The number of thiazole rings is 1. The maximum atomic E-state index is 10.3. The number of rotatable bonds is 4. The lowest BCUT2D eigenvalue weighted by molar-refractivity contribution is -0.136. The molecule has 0 saturated carbocycles. The molecule has 1 rings (SSSR count). The van der Waals surface area contributed by atoms with E-state index in [9.17, 15) is 9.59 Å². The van der Waals surface area contributed by atoms with Gasteiger partial charge in [-0.25, -0.2) is 4.98 Å². The predicted molar refractivity (Wildman–Crippen MR) is 48.2 cm³/mol. The van der Waals surface area contributed by atoms with Gasteiger partial charge < -0.3 is 10.4 Å². The van der Waals surface area contributed by atoms with Crippen LogP contribution in [0.2, 0.25) is 4.34 Å². The summed E-state index contributed by atoms with van der Waals surface area (Å²) in [5.41, 5.74) is 0.267. The van der Waals surface area contributed by atoms with Crippen molar-refractivity contribution in [1.29, 1.82) is 0 Å². The topological polar surface area (TPSA) is 79.3 Å². The van der Waals surface area contributed by atoms with Gasteiger partial charge in [-0.05, 0) is 0 Å². The zero-order valence-corrected chi connectivity index (χ0v) is 7.85. The summed E-state index contributed by atoms with van der Waals surface area (Å²) < 4.78 is 0.284. The van der Waals surface area contributed by atoms with Gasteiger partial charge in [0.25, 0.3) is 0 Å². The highest BCUT2D eigenvalue weighted by Gasteiger charge is 2.11. The van der Waals surface area contributed by atoms with Gasteiger partial charge in [0, 0.05) is 0 Å². The summed E-state index contributed by atoms with van der Waals surface area (Å²) >= 11 is 6.69. The number of hydrogen-bond acceptors (Lipinski definition) is 4. The Morgan fingerprint density at radius 2 is 2.46 bits per heavy atom. The molecular weight excluding hydrogens is 216 g/mol.